The van der Waals surface area contributed by atoms with Crippen molar-refractivity contribution in [1.29, 1.82) is 0 Å². The first-order valence-electron chi connectivity index (χ1n) is 4.51. The third kappa shape index (κ3) is 1.28. The van der Waals surface area contributed by atoms with Gasteiger partial charge in [0.25, 0.3) is 0 Å². The lowest BCUT2D eigenvalue weighted by atomic mass is 10.1. The number of rotatable bonds is 1. The van der Waals surface area contributed by atoms with Crippen LogP contribution >= 0.6 is 0 Å². The summed E-state index contributed by atoms with van der Waals surface area (Å²) < 4.78 is 1.77. The predicted molar refractivity (Wildman–Crippen MR) is 53.4 cm³/mol. The normalized spacial score (nSPS) is 10.5. The van der Waals surface area contributed by atoms with Gasteiger partial charge in [-0.1, -0.05) is 18.2 Å². The maximum Gasteiger partial charge on any atom is 0.153 e. The van der Waals surface area contributed by atoms with Gasteiger partial charge >= 0.3 is 0 Å². The van der Waals surface area contributed by atoms with E-state index in [0.29, 0.717) is 0 Å². The second kappa shape index (κ2) is 3.21. The highest BCUT2D eigenvalue weighted by molar-refractivity contribution is 5.46. The van der Waals surface area contributed by atoms with Gasteiger partial charge in [-0.25, -0.2) is 0 Å². The minimum Gasteiger partial charge on any atom is -0.197 e. The highest BCUT2D eigenvalue weighted by Gasteiger charge is 2.08. The first-order chi connectivity index (χ1) is 6.70. The van der Waals surface area contributed by atoms with E-state index in [1.165, 1.54) is 11.1 Å². The van der Waals surface area contributed by atoms with Crippen molar-refractivity contribution in [3.63, 3.8) is 0 Å². The molecule has 14 heavy (non-hydrogen) atoms. The Morgan fingerprint density at radius 3 is 2.21 bits per heavy atom. The van der Waals surface area contributed by atoms with E-state index < -0.39 is 0 Å². The second-order valence-electron chi connectivity index (χ2n) is 3.38. The van der Waals surface area contributed by atoms with E-state index in [2.05, 4.69) is 41.5 Å². The third-order valence-electron chi connectivity index (χ3n) is 2.28. The van der Waals surface area contributed by atoms with Crippen molar-refractivity contribution in [2.24, 2.45) is 0 Å². The highest BCUT2D eigenvalue weighted by Crippen LogP contribution is 2.17. The molecule has 1 aromatic heterocycles. The Morgan fingerprint density at radius 1 is 1.07 bits per heavy atom. The predicted octanol–water partition coefficient (Wildman–Crippen LogP) is 1.59. The molecule has 0 unspecified atom stereocenters. The number of hydrogen-bond donors (Lipinski definition) is 0. The minimum atomic E-state index is 0.808. The quantitative estimate of drug-likeness (QED) is 0.682. The fourth-order valence-electron chi connectivity index (χ4n) is 1.58. The molecule has 0 saturated heterocycles. The van der Waals surface area contributed by atoms with E-state index in [9.17, 15) is 0 Å². The number of aromatic nitrogens is 4. The van der Waals surface area contributed by atoms with E-state index in [1.54, 1.807) is 4.68 Å². The third-order valence-corrected chi connectivity index (χ3v) is 2.28. The molecule has 2 aromatic rings. The average molecular weight is 188 g/mol. The molecule has 1 aromatic carbocycles. The molecule has 0 atom stereocenters. The van der Waals surface area contributed by atoms with Crippen LogP contribution in [0.4, 0.5) is 0 Å². The summed E-state index contributed by atoms with van der Waals surface area (Å²) in [4.78, 5) is 0. The summed E-state index contributed by atoms with van der Waals surface area (Å²) in [7, 11) is 0. The van der Waals surface area contributed by atoms with Crippen LogP contribution in [0.2, 0.25) is 0 Å². The van der Waals surface area contributed by atoms with Crippen molar-refractivity contribution in [1.82, 2.24) is 20.2 Å². The maximum absolute atomic E-state index is 3.96. The van der Waals surface area contributed by atoms with E-state index in [0.717, 1.165) is 11.5 Å². The van der Waals surface area contributed by atoms with E-state index >= 15 is 0 Å². The molecule has 0 spiro atoms. The summed E-state index contributed by atoms with van der Waals surface area (Å²) in [6, 6.07) is 6.15. The Balaban J connectivity index is 2.68. The molecule has 0 aliphatic rings. The summed E-state index contributed by atoms with van der Waals surface area (Å²) in [5, 5.41) is 11.5. The van der Waals surface area contributed by atoms with Gasteiger partial charge < -0.3 is 0 Å². The van der Waals surface area contributed by atoms with Gasteiger partial charge in [-0.15, -0.1) is 5.10 Å². The molecule has 0 radical (unpaired) electrons. The molecule has 0 bridgehead atoms. The van der Waals surface area contributed by atoms with E-state index in [4.69, 9.17) is 0 Å². The van der Waals surface area contributed by atoms with Crippen molar-refractivity contribution in [3.8, 4) is 5.69 Å². The van der Waals surface area contributed by atoms with Crippen LogP contribution in [0.25, 0.3) is 5.69 Å². The number of benzene rings is 1. The molecule has 72 valence electrons. The van der Waals surface area contributed by atoms with Gasteiger partial charge in [0.2, 0.25) is 0 Å². The van der Waals surface area contributed by atoms with Crippen molar-refractivity contribution in [2.75, 3.05) is 0 Å². The lowest BCUT2D eigenvalue weighted by Crippen LogP contribution is -2.04. The molecular weight excluding hydrogens is 176 g/mol. The fourth-order valence-corrected chi connectivity index (χ4v) is 1.58. The fraction of sp³-hybridized carbons (Fsp3) is 0.300. The van der Waals surface area contributed by atoms with Gasteiger partial charge in [-0.05, 0) is 42.3 Å². The molecule has 0 fully saturated rings. The lowest BCUT2D eigenvalue weighted by molar-refractivity contribution is 0.771. The van der Waals surface area contributed by atoms with Gasteiger partial charge in [-0.3, -0.25) is 0 Å². The van der Waals surface area contributed by atoms with Crippen LogP contribution in [-0.2, 0) is 0 Å². The molecule has 0 N–H and O–H groups in total. The molecule has 4 heteroatoms. The van der Waals surface area contributed by atoms with Crippen molar-refractivity contribution in [2.45, 2.75) is 20.8 Å². The van der Waals surface area contributed by atoms with Crippen LogP contribution in [0.5, 0.6) is 0 Å². The van der Waals surface area contributed by atoms with Crippen LogP contribution in [0.1, 0.15) is 17.0 Å². The number of para-hydroxylation sites is 1. The summed E-state index contributed by atoms with van der Waals surface area (Å²) in [6.07, 6.45) is 0. The van der Waals surface area contributed by atoms with Gasteiger partial charge in [0, 0.05) is 0 Å². The van der Waals surface area contributed by atoms with Gasteiger partial charge in [0.15, 0.2) is 5.82 Å². The van der Waals surface area contributed by atoms with Gasteiger partial charge in [0.05, 0.1) is 5.69 Å². The molecule has 0 aliphatic heterocycles. The standard InChI is InChI=1S/C10H12N4/c1-7-5-4-6-8(2)10(7)14-9(3)11-12-13-14/h4-6H,1-3H3. The first kappa shape index (κ1) is 8.87. The number of tetrazole rings is 1. The topological polar surface area (TPSA) is 43.6 Å². The molecular formula is C10H12N4. The largest absolute Gasteiger partial charge is 0.197 e. The lowest BCUT2D eigenvalue weighted by Gasteiger charge is -2.08. The van der Waals surface area contributed by atoms with Gasteiger partial charge in [-0.2, -0.15) is 4.68 Å². The zero-order valence-electron chi connectivity index (χ0n) is 8.52. The molecule has 4 nitrogen and oxygen atoms in total. The van der Waals surface area contributed by atoms with E-state index in [-0.39, 0.29) is 0 Å². The van der Waals surface area contributed by atoms with Crippen molar-refractivity contribution < 1.29 is 0 Å². The Hall–Kier alpha value is -1.71. The zero-order valence-corrected chi connectivity index (χ0v) is 8.52. The Bertz CT molecular complexity index is 439. The van der Waals surface area contributed by atoms with Crippen LogP contribution in [0.3, 0.4) is 0 Å². The molecule has 0 saturated carbocycles. The van der Waals surface area contributed by atoms with Crippen LogP contribution in [0, 0.1) is 20.8 Å². The molecule has 0 amide bonds. The summed E-state index contributed by atoms with van der Waals surface area (Å²) in [6.45, 7) is 6.01. The summed E-state index contributed by atoms with van der Waals surface area (Å²) >= 11 is 0. The summed E-state index contributed by atoms with van der Waals surface area (Å²) in [5.74, 6) is 0.808. The van der Waals surface area contributed by atoms with Crippen LogP contribution in [-0.4, -0.2) is 20.2 Å². The second-order valence-corrected chi connectivity index (χ2v) is 3.38. The van der Waals surface area contributed by atoms with Crippen molar-refractivity contribution in [3.05, 3.63) is 35.2 Å². The Labute approximate surface area is 82.6 Å². The zero-order chi connectivity index (χ0) is 10.1. The molecule has 2 rings (SSSR count). The number of hydrogen-bond acceptors (Lipinski definition) is 3. The Morgan fingerprint density at radius 2 is 1.71 bits per heavy atom. The van der Waals surface area contributed by atoms with Crippen molar-refractivity contribution >= 4 is 0 Å². The van der Waals surface area contributed by atoms with Gasteiger partial charge in [0.1, 0.15) is 0 Å². The SMILES string of the molecule is Cc1cccc(C)c1-n1nnnc1C. The number of nitrogens with zero attached hydrogens (tertiary/aromatic N) is 4. The van der Waals surface area contributed by atoms with Crippen LogP contribution in [0.15, 0.2) is 18.2 Å². The summed E-state index contributed by atoms with van der Waals surface area (Å²) in [5.41, 5.74) is 3.44. The van der Waals surface area contributed by atoms with Crippen LogP contribution < -0.4 is 0 Å². The molecule has 1 heterocycles. The molecule has 0 aliphatic carbocycles. The highest BCUT2D eigenvalue weighted by atomic mass is 15.5. The monoisotopic (exact) mass is 188 g/mol. The number of aryl methyl sites for hydroxylation is 3. The first-order valence-corrected chi connectivity index (χ1v) is 4.51. The maximum atomic E-state index is 3.96. The Kier molecular flexibility index (Phi) is 2.04. The smallest absolute Gasteiger partial charge is 0.153 e. The van der Waals surface area contributed by atoms with E-state index in [1.807, 2.05) is 13.0 Å². The average Bonchev–Trinajstić information content (AvgIpc) is 2.52. The minimum absolute atomic E-state index is 0.808.